The molecule has 3 heterocycles. The maximum Gasteiger partial charge on any atom is 0.280 e. The Morgan fingerprint density at radius 3 is 2.57 bits per heavy atom. The molecule has 11 heteroatoms. The number of rotatable bonds is 10. The molecule has 166 valence electrons. The number of nitrogens with one attached hydrogen (secondary N) is 1. The molecule has 11 nitrogen and oxygen atoms in total. The fraction of sp³-hybridized carbons (Fsp3) is 0.684. The highest BCUT2D eigenvalue weighted by molar-refractivity contribution is 5.71. The van der Waals surface area contributed by atoms with E-state index in [1.54, 1.807) is 6.34 Å². The van der Waals surface area contributed by atoms with Crippen molar-refractivity contribution in [3.05, 3.63) is 16.7 Å². The van der Waals surface area contributed by atoms with Gasteiger partial charge in [0.15, 0.2) is 17.4 Å². The number of aliphatic imine (C=N–C) groups is 1. The zero-order valence-corrected chi connectivity index (χ0v) is 17.3. The molecule has 1 aliphatic heterocycles. The van der Waals surface area contributed by atoms with Crippen molar-refractivity contribution in [2.75, 3.05) is 19.7 Å². The van der Waals surface area contributed by atoms with Gasteiger partial charge in [0.2, 0.25) is 5.95 Å². The van der Waals surface area contributed by atoms with E-state index in [1.165, 1.54) is 10.9 Å². The first-order valence-corrected chi connectivity index (χ1v) is 10.4. The Hall–Kier alpha value is -2.34. The van der Waals surface area contributed by atoms with Crippen molar-refractivity contribution in [3.63, 3.8) is 0 Å². The number of aromatic nitrogens is 4. The average molecular weight is 422 g/mol. The van der Waals surface area contributed by atoms with E-state index in [1.807, 2.05) is 0 Å². The van der Waals surface area contributed by atoms with Gasteiger partial charge in [-0.2, -0.15) is 4.98 Å². The third kappa shape index (κ3) is 4.69. The lowest BCUT2D eigenvalue weighted by molar-refractivity contribution is -0.0511. The molecule has 0 aliphatic carbocycles. The molecule has 4 atom stereocenters. The highest BCUT2D eigenvalue weighted by Crippen LogP contribution is 2.30. The number of hydrogen-bond acceptors (Lipinski definition) is 8. The maximum absolute atomic E-state index is 12.4. The van der Waals surface area contributed by atoms with Gasteiger partial charge in [-0.25, -0.2) is 9.98 Å². The van der Waals surface area contributed by atoms with Gasteiger partial charge in [-0.05, 0) is 12.8 Å². The number of fused-ring (bicyclic) bond motifs is 1. The van der Waals surface area contributed by atoms with Crippen molar-refractivity contribution in [1.29, 1.82) is 0 Å². The second kappa shape index (κ2) is 10.1. The number of unbranched alkanes of at least 4 members (excludes halogenated alkanes) is 2. The summed E-state index contributed by atoms with van der Waals surface area (Å²) in [5.41, 5.74) is -0.221. The van der Waals surface area contributed by atoms with Crippen molar-refractivity contribution < 1.29 is 20.1 Å². The van der Waals surface area contributed by atoms with Crippen LogP contribution in [0.1, 0.15) is 45.8 Å². The number of H-pyrrole nitrogens is 1. The van der Waals surface area contributed by atoms with Crippen molar-refractivity contribution in [1.82, 2.24) is 24.4 Å². The Labute approximate surface area is 174 Å². The molecule has 0 amide bonds. The van der Waals surface area contributed by atoms with Gasteiger partial charge in [0.1, 0.15) is 18.3 Å². The van der Waals surface area contributed by atoms with Crippen LogP contribution in [0.5, 0.6) is 0 Å². The van der Waals surface area contributed by atoms with Crippen LogP contribution >= 0.6 is 0 Å². The smallest absolute Gasteiger partial charge is 0.280 e. The van der Waals surface area contributed by atoms with Gasteiger partial charge in [-0.3, -0.25) is 14.3 Å². The minimum atomic E-state index is -1.30. The van der Waals surface area contributed by atoms with Crippen LogP contribution in [-0.2, 0) is 4.74 Å². The molecular formula is C19H30N6O5. The number of aliphatic hydroxyl groups excluding tert-OH is 3. The number of imidazole rings is 1. The third-order valence-corrected chi connectivity index (χ3v) is 5.15. The quantitative estimate of drug-likeness (QED) is 0.315. The number of nitrogens with zero attached hydrogens (tertiary/aromatic N) is 5. The molecular weight excluding hydrogens is 392 g/mol. The topological polar surface area (TPSA) is 149 Å². The van der Waals surface area contributed by atoms with Crippen molar-refractivity contribution in [2.24, 2.45) is 4.99 Å². The van der Waals surface area contributed by atoms with Gasteiger partial charge in [0, 0.05) is 13.1 Å². The highest BCUT2D eigenvalue weighted by atomic mass is 16.6. The lowest BCUT2D eigenvalue weighted by atomic mass is 10.1. The molecule has 0 bridgehead atoms. The van der Waals surface area contributed by atoms with Crippen molar-refractivity contribution in [3.8, 4) is 0 Å². The van der Waals surface area contributed by atoms with Crippen LogP contribution in [0.15, 0.2) is 16.1 Å². The predicted molar refractivity (Wildman–Crippen MR) is 111 cm³/mol. The van der Waals surface area contributed by atoms with E-state index in [0.717, 1.165) is 38.8 Å². The van der Waals surface area contributed by atoms with E-state index in [0.29, 0.717) is 0 Å². The van der Waals surface area contributed by atoms with Gasteiger partial charge < -0.3 is 25.0 Å². The zero-order chi connectivity index (χ0) is 21.7. The summed E-state index contributed by atoms with van der Waals surface area (Å²) in [7, 11) is 0. The second-order valence-corrected chi connectivity index (χ2v) is 7.43. The summed E-state index contributed by atoms with van der Waals surface area (Å²) in [5, 5.41) is 29.6. The Bertz CT molecular complexity index is 904. The van der Waals surface area contributed by atoms with E-state index in [9.17, 15) is 20.1 Å². The Balaban J connectivity index is 1.89. The summed E-state index contributed by atoms with van der Waals surface area (Å²) in [6, 6.07) is 0. The van der Waals surface area contributed by atoms with Gasteiger partial charge in [0.25, 0.3) is 5.56 Å². The maximum atomic E-state index is 12.4. The molecule has 3 rings (SSSR count). The van der Waals surface area contributed by atoms with Crippen molar-refractivity contribution in [2.45, 2.75) is 64.1 Å². The molecule has 0 unspecified atom stereocenters. The second-order valence-electron chi connectivity index (χ2n) is 7.43. The van der Waals surface area contributed by atoms with Crippen molar-refractivity contribution >= 4 is 23.5 Å². The standard InChI is InChI=1S/C19H30N6O5/c1-3-5-7-24(8-6-4-2)10-21-19-22-16-13(17(29)23-19)20-11-25(16)18-15(28)14(27)12(9-26)30-18/h10-12,14-15,18,26-28H,3-9H2,1-2H3,(H,22,23,29)/t12-,14-,15-,18-/m0/s1. The molecule has 0 spiro atoms. The number of aromatic amines is 1. The van der Waals surface area contributed by atoms with Crippen LogP contribution in [0, 0.1) is 0 Å². The zero-order valence-electron chi connectivity index (χ0n) is 17.3. The van der Waals surface area contributed by atoms with Crippen LogP contribution in [0.4, 0.5) is 5.95 Å². The number of ether oxygens (including phenoxy) is 1. The van der Waals surface area contributed by atoms with E-state index in [4.69, 9.17) is 4.74 Å². The van der Waals surface area contributed by atoms with Crippen LogP contribution in [0.25, 0.3) is 11.2 Å². The predicted octanol–water partition coefficient (Wildman–Crippen LogP) is 0.293. The summed E-state index contributed by atoms with van der Waals surface area (Å²) in [4.78, 5) is 29.9. The number of hydrogen-bond donors (Lipinski definition) is 4. The molecule has 2 aromatic heterocycles. The van der Waals surface area contributed by atoms with Crippen LogP contribution in [0.2, 0.25) is 0 Å². The lowest BCUT2D eigenvalue weighted by Gasteiger charge is -2.18. The molecule has 1 fully saturated rings. The molecule has 0 aromatic carbocycles. The SMILES string of the molecule is CCCCN(C=Nc1nc2c(ncn2[C@H]2O[C@@H](CO)[C@H](O)[C@@H]2O)c(=O)[nH]1)CCCC. The number of aliphatic hydroxyl groups is 3. The molecule has 1 aliphatic rings. The van der Waals surface area contributed by atoms with Crippen LogP contribution in [0.3, 0.4) is 0 Å². The molecule has 2 aromatic rings. The fourth-order valence-electron chi connectivity index (χ4n) is 3.36. The third-order valence-electron chi connectivity index (χ3n) is 5.15. The van der Waals surface area contributed by atoms with Gasteiger partial charge in [-0.15, -0.1) is 0 Å². The van der Waals surface area contributed by atoms with E-state index in [2.05, 4.69) is 38.7 Å². The molecule has 1 saturated heterocycles. The molecule has 0 saturated carbocycles. The van der Waals surface area contributed by atoms with Gasteiger partial charge >= 0.3 is 0 Å². The molecule has 0 radical (unpaired) electrons. The lowest BCUT2D eigenvalue weighted by Crippen LogP contribution is -2.33. The van der Waals surface area contributed by atoms with Crippen LogP contribution in [-0.4, -0.2) is 84.1 Å². The van der Waals surface area contributed by atoms with E-state index < -0.39 is 36.7 Å². The van der Waals surface area contributed by atoms with Gasteiger partial charge in [-0.1, -0.05) is 26.7 Å². The first-order chi connectivity index (χ1) is 14.5. The normalized spacial score (nSPS) is 24.3. The Morgan fingerprint density at radius 2 is 1.97 bits per heavy atom. The summed E-state index contributed by atoms with van der Waals surface area (Å²) in [6.07, 6.45) is 2.69. The Kier molecular flexibility index (Phi) is 7.53. The van der Waals surface area contributed by atoms with E-state index >= 15 is 0 Å². The van der Waals surface area contributed by atoms with Crippen LogP contribution < -0.4 is 5.56 Å². The summed E-state index contributed by atoms with van der Waals surface area (Å²) < 4.78 is 6.90. The first kappa shape index (κ1) is 22.3. The summed E-state index contributed by atoms with van der Waals surface area (Å²) in [6.45, 7) is 5.54. The highest BCUT2D eigenvalue weighted by Gasteiger charge is 2.44. The molecule has 30 heavy (non-hydrogen) atoms. The van der Waals surface area contributed by atoms with E-state index in [-0.39, 0.29) is 17.1 Å². The van der Waals surface area contributed by atoms with Gasteiger partial charge in [0.05, 0.1) is 19.3 Å². The summed E-state index contributed by atoms with van der Waals surface area (Å²) in [5.74, 6) is 0.110. The monoisotopic (exact) mass is 422 g/mol. The fourth-order valence-corrected chi connectivity index (χ4v) is 3.36. The largest absolute Gasteiger partial charge is 0.394 e. The average Bonchev–Trinajstić information content (AvgIpc) is 3.29. The first-order valence-electron chi connectivity index (χ1n) is 10.4. The molecule has 4 N–H and O–H groups in total. The Morgan fingerprint density at radius 1 is 1.27 bits per heavy atom. The minimum absolute atomic E-state index is 0.0699. The minimum Gasteiger partial charge on any atom is -0.394 e. The summed E-state index contributed by atoms with van der Waals surface area (Å²) >= 11 is 0.